The average molecular weight is 380 g/mol. The molecule has 2 heterocycles. The van der Waals surface area contributed by atoms with Gasteiger partial charge in [-0.3, -0.25) is 4.79 Å². The maximum Gasteiger partial charge on any atom is 0.229 e. The van der Waals surface area contributed by atoms with E-state index in [1.165, 1.54) is 6.92 Å². The van der Waals surface area contributed by atoms with Gasteiger partial charge in [-0.1, -0.05) is 25.9 Å². The molecular formula is C20H24N6O2. The number of hydrogen-bond acceptors (Lipinski definition) is 7. The molecule has 0 fully saturated rings. The van der Waals surface area contributed by atoms with Crippen LogP contribution in [0.3, 0.4) is 0 Å². The summed E-state index contributed by atoms with van der Waals surface area (Å²) < 4.78 is 5.37. The molecule has 0 aliphatic rings. The second kappa shape index (κ2) is 7.67. The molecule has 0 aliphatic carbocycles. The van der Waals surface area contributed by atoms with Gasteiger partial charge in [0, 0.05) is 43.0 Å². The molecule has 0 radical (unpaired) electrons. The molecule has 2 N–H and O–H groups in total. The van der Waals surface area contributed by atoms with Gasteiger partial charge < -0.3 is 20.1 Å². The standard InChI is InChI=1S/C20H24N6O2/c1-13(27)26(5)15-8-6-14(7-9-15)22-19-21-11-10-17(24-19)23-18-12-16(28-25-18)20(2,3)4/h6-12H,1-5H3,(H2,21,22,23,24,25). The van der Waals surface area contributed by atoms with Crippen molar-refractivity contribution < 1.29 is 9.32 Å². The highest BCUT2D eigenvalue weighted by Gasteiger charge is 2.19. The van der Waals surface area contributed by atoms with E-state index in [0.29, 0.717) is 17.6 Å². The van der Waals surface area contributed by atoms with Crippen LogP contribution in [0.2, 0.25) is 0 Å². The fourth-order valence-electron chi connectivity index (χ4n) is 2.39. The third kappa shape index (κ3) is 4.64. The topological polar surface area (TPSA) is 96.2 Å². The zero-order valence-corrected chi connectivity index (χ0v) is 16.6. The van der Waals surface area contributed by atoms with Crippen molar-refractivity contribution in [2.75, 3.05) is 22.6 Å². The van der Waals surface area contributed by atoms with Crippen molar-refractivity contribution in [1.29, 1.82) is 0 Å². The maximum atomic E-state index is 11.4. The van der Waals surface area contributed by atoms with Gasteiger partial charge >= 0.3 is 0 Å². The number of rotatable bonds is 5. The van der Waals surface area contributed by atoms with Crippen LogP contribution < -0.4 is 15.5 Å². The number of aromatic nitrogens is 3. The van der Waals surface area contributed by atoms with Crippen LogP contribution in [-0.4, -0.2) is 28.1 Å². The molecule has 8 heteroatoms. The molecule has 0 atom stereocenters. The number of benzene rings is 1. The molecule has 0 saturated heterocycles. The van der Waals surface area contributed by atoms with Crippen molar-refractivity contribution in [2.45, 2.75) is 33.1 Å². The minimum Gasteiger partial charge on any atom is -0.359 e. The Balaban J connectivity index is 1.70. The quantitative estimate of drug-likeness (QED) is 0.683. The number of hydrogen-bond donors (Lipinski definition) is 2. The Morgan fingerprint density at radius 1 is 1.07 bits per heavy atom. The van der Waals surface area contributed by atoms with Crippen molar-refractivity contribution >= 4 is 34.9 Å². The third-order valence-corrected chi connectivity index (χ3v) is 4.14. The predicted molar refractivity (Wildman–Crippen MR) is 109 cm³/mol. The highest BCUT2D eigenvalue weighted by Crippen LogP contribution is 2.26. The first-order valence-electron chi connectivity index (χ1n) is 8.91. The van der Waals surface area contributed by atoms with Gasteiger partial charge in [-0.05, 0) is 30.3 Å². The molecule has 1 amide bonds. The zero-order chi connectivity index (χ0) is 20.3. The third-order valence-electron chi connectivity index (χ3n) is 4.14. The molecule has 0 unspecified atom stereocenters. The van der Waals surface area contributed by atoms with E-state index < -0.39 is 0 Å². The summed E-state index contributed by atoms with van der Waals surface area (Å²) in [4.78, 5) is 21.7. The second-order valence-electron chi connectivity index (χ2n) is 7.47. The largest absolute Gasteiger partial charge is 0.359 e. The van der Waals surface area contributed by atoms with Gasteiger partial charge in [-0.2, -0.15) is 4.98 Å². The maximum absolute atomic E-state index is 11.4. The number of carbonyl (C=O) groups is 1. The Morgan fingerprint density at radius 2 is 1.79 bits per heavy atom. The molecule has 0 bridgehead atoms. The summed E-state index contributed by atoms with van der Waals surface area (Å²) in [7, 11) is 1.73. The molecule has 28 heavy (non-hydrogen) atoms. The summed E-state index contributed by atoms with van der Waals surface area (Å²) >= 11 is 0. The lowest BCUT2D eigenvalue weighted by molar-refractivity contribution is -0.116. The van der Waals surface area contributed by atoms with Crippen LogP contribution in [0.4, 0.5) is 29.0 Å². The normalized spacial score (nSPS) is 11.2. The van der Waals surface area contributed by atoms with E-state index in [0.717, 1.165) is 17.1 Å². The van der Waals surface area contributed by atoms with Gasteiger partial charge in [0.05, 0.1) is 0 Å². The molecule has 146 valence electrons. The Morgan fingerprint density at radius 3 is 2.39 bits per heavy atom. The molecule has 3 aromatic rings. The second-order valence-corrected chi connectivity index (χ2v) is 7.47. The molecule has 8 nitrogen and oxygen atoms in total. The number of carbonyl (C=O) groups excluding carboxylic acids is 1. The van der Waals surface area contributed by atoms with Gasteiger partial charge in [-0.15, -0.1) is 0 Å². The van der Waals surface area contributed by atoms with Gasteiger partial charge in [0.1, 0.15) is 11.6 Å². The van der Waals surface area contributed by atoms with Crippen LogP contribution in [-0.2, 0) is 10.2 Å². The van der Waals surface area contributed by atoms with Crippen molar-refractivity contribution in [3.8, 4) is 0 Å². The van der Waals surface area contributed by atoms with E-state index in [4.69, 9.17) is 4.52 Å². The molecular weight excluding hydrogens is 356 g/mol. The van der Waals surface area contributed by atoms with Gasteiger partial charge in [0.15, 0.2) is 5.82 Å². The van der Waals surface area contributed by atoms with E-state index in [1.54, 1.807) is 24.2 Å². The summed E-state index contributed by atoms with van der Waals surface area (Å²) in [5.74, 6) is 2.39. The lowest BCUT2D eigenvalue weighted by Crippen LogP contribution is -2.22. The molecule has 2 aromatic heterocycles. The molecule has 0 aliphatic heterocycles. The highest BCUT2D eigenvalue weighted by molar-refractivity contribution is 5.91. The van der Waals surface area contributed by atoms with E-state index in [-0.39, 0.29) is 11.3 Å². The summed E-state index contributed by atoms with van der Waals surface area (Å²) in [6, 6.07) is 11.1. The van der Waals surface area contributed by atoms with Crippen LogP contribution in [0, 0.1) is 0 Å². The summed E-state index contributed by atoms with van der Waals surface area (Å²) in [6.45, 7) is 7.70. The fraction of sp³-hybridized carbons (Fsp3) is 0.300. The van der Waals surface area contributed by atoms with Crippen LogP contribution in [0.1, 0.15) is 33.5 Å². The van der Waals surface area contributed by atoms with Gasteiger partial charge in [0.2, 0.25) is 11.9 Å². The predicted octanol–water partition coefficient (Wildman–Crippen LogP) is 4.23. The monoisotopic (exact) mass is 380 g/mol. The first kappa shape index (κ1) is 19.3. The number of nitrogens with one attached hydrogen (secondary N) is 2. The SMILES string of the molecule is CC(=O)N(C)c1ccc(Nc2nccc(Nc3cc(C(C)(C)C)on3)n2)cc1. The minimum atomic E-state index is -0.117. The number of anilines is 5. The first-order valence-corrected chi connectivity index (χ1v) is 8.91. The van der Waals surface area contributed by atoms with Crippen molar-refractivity contribution in [2.24, 2.45) is 0 Å². The van der Waals surface area contributed by atoms with Crippen molar-refractivity contribution in [3.05, 3.63) is 48.4 Å². The lowest BCUT2D eigenvalue weighted by Gasteiger charge is -2.15. The van der Waals surface area contributed by atoms with E-state index in [2.05, 4.69) is 46.5 Å². The van der Waals surface area contributed by atoms with Crippen LogP contribution in [0.5, 0.6) is 0 Å². The molecule has 3 rings (SSSR count). The highest BCUT2D eigenvalue weighted by atomic mass is 16.5. The van der Waals surface area contributed by atoms with Crippen molar-refractivity contribution in [1.82, 2.24) is 15.1 Å². The average Bonchev–Trinajstić information content (AvgIpc) is 3.11. The Labute approximate surface area is 164 Å². The van der Waals surface area contributed by atoms with E-state index in [1.807, 2.05) is 30.3 Å². The fourth-order valence-corrected chi connectivity index (χ4v) is 2.39. The molecule has 0 spiro atoms. The van der Waals surface area contributed by atoms with Crippen LogP contribution >= 0.6 is 0 Å². The molecule has 0 saturated carbocycles. The number of amides is 1. The minimum absolute atomic E-state index is 0.0229. The van der Waals surface area contributed by atoms with Gasteiger partial charge in [-0.25, -0.2) is 4.98 Å². The zero-order valence-electron chi connectivity index (χ0n) is 16.6. The van der Waals surface area contributed by atoms with Crippen molar-refractivity contribution in [3.63, 3.8) is 0 Å². The van der Waals surface area contributed by atoms with Crippen LogP contribution in [0.25, 0.3) is 0 Å². The molecule has 1 aromatic carbocycles. The van der Waals surface area contributed by atoms with E-state index >= 15 is 0 Å². The Bertz CT molecular complexity index is 959. The Kier molecular flexibility index (Phi) is 5.30. The smallest absolute Gasteiger partial charge is 0.229 e. The van der Waals surface area contributed by atoms with E-state index in [9.17, 15) is 4.79 Å². The summed E-state index contributed by atoms with van der Waals surface area (Å²) in [6.07, 6.45) is 1.65. The first-order chi connectivity index (χ1) is 13.2. The lowest BCUT2D eigenvalue weighted by atomic mass is 9.93. The Hall–Kier alpha value is -3.42. The summed E-state index contributed by atoms with van der Waals surface area (Å²) in [5.41, 5.74) is 1.51. The van der Waals surface area contributed by atoms with Gasteiger partial charge in [0.25, 0.3) is 0 Å². The summed E-state index contributed by atoms with van der Waals surface area (Å²) in [5, 5.41) is 10.3. The number of nitrogens with zero attached hydrogens (tertiary/aromatic N) is 4. The van der Waals surface area contributed by atoms with Crippen LogP contribution in [0.15, 0.2) is 47.1 Å².